The quantitative estimate of drug-likeness (QED) is 0.717. The molecule has 2 amide bonds. The molecule has 0 saturated carbocycles. The summed E-state index contributed by atoms with van der Waals surface area (Å²) in [5.41, 5.74) is 0.989. The van der Waals surface area contributed by atoms with Crippen LogP contribution in [0.5, 0.6) is 0 Å². The zero-order valence-corrected chi connectivity index (χ0v) is 16.0. The fourth-order valence-electron chi connectivity index (χ4n) is 3.61. The average Bonchev–Trinajstić information content (AvgIpc) is 2.95. The van der Waals surface area contributed by atoms with Crippen LogP contribution in [-0.4, -0.2) is 62.5 Å². The highest BCUT2D eigenvalue weighted by molar-refractivity contribution is 5.95. The molecule has 1 N–H and O–H groups in total. The number of para-hydroxylation sites is 1. The molecule has 3 heterocycles. The topological polar surface area (TPSA) is 99.3 Å². The van der Waals surface area contributed by atoms with Gasteiger partial charge in [0.25, 0.3) is 11.8 Å². The van der Waals surface area contributed by atoms with Crippen LogP contribution in [0.25, 0.3) is 10.9 Å². The third-order valence-corrected chi connectivity index (χ3v) is 5.27. The van der Waals surface area contributed by atoms with Crippen molar-refractivity contribution >= 4 is 22.7 Å². The summed E-state index contributed by atoms with van der Waals surface area (Å²) in [6, 6.07) is 11.7. The lowest BCUT2D eigenvalue weighted by Gasteiger charge is -2.26. The highest BCUT2D eigenvalue weighted by atomic mass is 16.2. The lowest BCUT2D eigenvalue weighted by atomic mass is 10.1. The second-order valence-corrected chi connectivity index (χ2v) is 7.13. The maximum atomic E-state index is 13.1. The summed E-state index contributed by atoms with van der Waals surface area (Å²) in [7, 11) is 0. The number of carbonyl (C=O) groups excluding carboxylic acids is 2. The summed E-state index contributed by atoms with van der Waals surface area (Å²) in [5, 5.41) is 8.19. The van der Waals surface area contributed by atoms with E-state index < -0.39 is 0 Å². The van der Waals surface area contributed by atoms with Gasteiger partial charge in [-0.05, 0) is 37.6 Å². The van der Waals surface area contributed by atoms with E-state index in [2.05, 4.69) is 15.2 Å². The molecule has 1 atom stereocenters. The molecule has 1 aliphatic heterocycles. The Morgan fingerprint density at radius 1 is 1.07 bits per heavy atom. The Hall–Kier alpha value is -3.55. The second-order valence-electron chi connectivity index (χ2n) is 7.13. The Labute approximate surface area is 167 Å². The minimum atomic E-state index is -0.242. The first-order chi connectivity index (χ1) is 14.0. The maximum Gasteiger partial charge on any atom is 0.274 e. The minimum Gasteiger partial charge on any atom is -0.350 e. The number of rotatable bonds is 2. The molecule has 3 aromatic rings. The van der Waals surface area contributed by atoms with E-state index in [1.807, 2.05) is 13.0 Å². The minimum absolute atomic E-state index is 0.0721. The molecule has 1 aromatic carbocycles. The van der Waals surface area contributed by atoms with Crippen LogP contribution in [0.1, 0.15) is 34.3 Å². The maximum absolute atomic E-state index is 13.1. The SMILES string of the molecule is CC1CCN(C(=O)c2cccnn2)CCN1C(=O)c1cc(=O)c2ccccc2[nH]1. The van der Waals surface area contributed by atoms with Gasteiger partial charge in [-0.3, -0.25) is 14.4 Å². The predicted octanol–water partition coefficient (Wildman–Crippen LogP) is 1.69. The monoisotopic (exact) mass is 391 g/mol. The number of H-pyrrole nitrogens is 1. The Morgan fingerprint density at radius 3 is 2.69 bits per heavy atom. The number of benzene rings is 1. The molecule has 1 saturated heterocycles. The van der Waals surface area contributed by atoms with Crippen LogP contribution in [-0.2, 0) is 0 Å². The van der Waals surface area contributed by atoms with E-state index in [4.69, 9.17) is 0 Å². The van der Waals surface area contributed by atoms with E-state index in [9.17, 15) is 14.4 Å². The van der Waals surface area contributed by atoms with Gasteiger partial charge in [0.2, 0.25) is 0 Å². The third-order valence-electron chi connectivity index (χ3n) is 5.27. The van der Waals surface area contributed by atoms with E-state index in [1.165, 1.54) is 12.3 Å². The van der Waals surface area contributed by atoms with Gasteiger partial charge in [0.1, 0.15) is 5.69 Å². The van der Waals surface area contributed by atoms with Crippen molar-refractivity contribution in [3.05, 3.63) is 70.3 Å². The van der Waals surface area contributed by atoms with Gasteiger partial charge in [0.15, 0.2) is 11.1 Å². The first kappa shape index (κ1) is 18.8. The predicted molar refractivity (Wildman–Crippen MR) is 108 cm³/mol. The van der Waals surface area contributed by atoms with Crippen molar-refractivity contribution in [2.45, 2.75) is 19.4 Å². The van der Waals surface area contributed by atoms with Crippen molar-refractivity contribution in [3.63, 3.8) is 0 Å². The summed E-state index contributed by atoms with van der Waals surface area (Å²) < 4.78 is 0. The van der Waals surface area contributed by atoms with Crippen molar-refractivity contribution in [1.29, 1.82) is 0 Å². The Kier molecular flexibility index (Phi) is 5.07. The van der Waals surface area contributed by atoms with Gasteiger partial charge in [-0.1, -0.05) is 12.1 Å². The number of fused-ring (bicyclic) bond motifs is 1. The van der Waals surface area contributed by atoms with Crippen LogP contribution >= 0.6 is 0 Å². The molecule has 1 aliphatic rings. The molecule has 1 fully saturated rings. The molecule has 2 aromatic heterocycles. The van der Waals surface area contributed by atoms with Gasteiger partial charge < -0.3 is 14.8 Å². The number of nitrogens with one attached hydrogen (secondary N) is 1. The highest BCUT2D eigenvalue weighted by Crippen LogP contribution is 2.16. The van der Waals surface area contributed by atoms with Crippen LogP contribution in [0.2, 0.25) is 0 Å². The number of hydrogen-bond acceptors (Lipinski definition) is 5. The second kappa shape index (κ2) is 7.83. The number of aromatic amines is 1. The number of aromatic nitrogens is 3. The van der Waals surface area contributed by atoms with Crippen LogP contribution in [0.15, 0.2) is 53.5 Å². The standard InChI is InChI=1S/C21H21N5O3/c1-14-8-10-25(20(28)17-7-4-9-22-24-17)11-12-26(14)21(29)18-13-19(27)15-5-2-3-6-16(15)23-18/h2-7,9,13-14H,8,10-12H2,1H3,(H,23,27). The van der Waals surface area contributed by atoms with E-state index in [-0.39, 0.29) is 29.0 Å². The Balaban J connectivity index is 1.55. The molecule has 0 bridgehead atoms. The van der Waals surface area contributed by atoms with E-state index in [0.717, 1.165) is 0 Å². The molecule has 8 nitrogen and oxygen atoms in total. The van der Waals surface area contributed by atoms with Crippen LogP contribution < -0.4 is 5.43 Å². The number of pyridine rings is 1. The number of carbonyl (C=O) groups is 2. The van der Waals surface area contributed by atoms with Gasteiger partial charge in [0, 0.05) is 48.8 Å². The van der Waals surface area contributed by atoms with Crippen molar-refractivity contribution in [3.8, 4) is 0 Å². The van der Waals surface area contributed by atoms with Crippen LogP contribution in [0, 0.1) is 0 Å². The van der Waals surface area contributed by atoms with Gasteiger partial charge in [0.05, 0.1) is 0 Å². The number of nitrogens with zero attached hydrogens (tertiary/aromatic N) is 4. The third kappa shape index (κ3) is 3.73. The van der Waals surface area contributed by atoms with Crippen molar-refractivity contribution in [1.82, 2.24) is 25.0 Å². The normalized spacial score (nSPS) is 17.2. The van der Waals surface area contributed by atoms with Gasteiger partial charge >= 0.3 is 0 Å². The van der Waals surface area contributed by atoms with Gasteiger partial charge in [-0.15, -0.1) is 5.10 Å². The lowest BCUT2D eigenvalue weighted by Crippen LogP contribution is -2.41. The zero-order valence-electron chi connectivity index (χ0n) is 16.0. The van der Waals surface area contributed by atoms with E-state index in [1.54, 1.807) is 40.1 Å². The first-order valence-electron chi connectivity index (χ1n) is 9.54. The van der Waals surface area contributed by atoms with Crippen molar-refractivity contribution in [2.75, 3.05) is 19.6 Å². The fourth-order valence-corrected chi connectivity index (χ4v) is 3.61. The number of amides is 2. The summed E-state index contributed by atoms with van der Waals surface area (Å²) in [6.45, 7) is 3.24. The van der Waals surface area contributed by atoms with E-state index in [0.29, 0.717) is 42.7 Å². The molecular formula is C21H21N5O3. The van der Waals surface area contributed by atoms with Gasteiger partial charge in [-0.2, -0.15) is 5.10 Å². The summed E-state index contributed by atoms with van der Waals surface area (Å²) in [6.07, 6.45) is 2.15. The Morgan fingerprint density at radius 2 is 1.90 bits per heavy atom. The molecule has 8 heteroatoms. The fraction of sp³-hybridized carbons (Fsp3) is 0.286. The van der Waals surface area contributed by atoms with E-state index >= 15 is 0 Å². The molecule has 29 heavy (non-hydrogen) atoms. The van der Waals surface area contributed by atoms with Crippen molar-refractivity contribution in [2.24, 2.45) is 0 Å². The number of hydrogen-bond donors (Lipinski definition) is 1. The van der Waals surface area contributed by atoms with Crippen LogP contribution in [0.3, 0.4) is 0 Å². The zero-order chi connectivity index (χ0) is 20.4. The van der Waals surface area contributed by atoms with Crippen molar-refractivity contribution < 1.29 is 9.59 Å². The van der Waals surface area contributed by atoms with Crippen LogP contribution in [0.4, 0.5) is 0 Å². The lowest BCUT2D eigenvalue weighted by molar-refractivity contribution is 0.0677. The average molecular weight is 391 g/mol. The molecule has 0 radical (unpaired) electrons. The molecule has 4 rings (SSSR count). The largest absolute Gasteiger partial charge is 0.350 e. The summed E-state index contributed by atoms with van der Waals surface area (Å²) >= 11 is 0. The Bertz CT molecular complexity index is 1110. The first-order valence-corrected chi connectivity index (χ1v) is 9.54. The molecule has 0 spiro atoms. The highest BCUT2D eigenvalue weighted by Gasteiger charge is 2.29. The molecular weight excluding hydrogens is 370 g/mol. The summed E-state index contributed by atoms with van der Waals surface area (Å²) in [4.78, 5) is 44.7. The molecule has 1 unspecified atom stereocenters. The molecule has 148 valence electrons. The van der Waals surface area contributed by atoms with Gasteiger partial charge in [-0.25, -0.2) is 0 Å². The molecule has 0 aliphatic carbocycles. The summed E-state index contributed by atoms with van der Waals surface area (Å²) in [5.74, 6) is -0.437. The smallest absolute Gasteiger partial charge is 0.274 e.